The van der Waals surface area contributed by atoms with E-state index < -0.39 is 4.92 Å². The van der Waals surface area contributed by atoms with Gasteiger partial charge in [0.15, 0.2) is 5.75 Å². The van der Waals surface area contributed by atoms with Gasteiger partial charge in [-0.05, 0) is 31.9 Å². The summed E-state index contributed by atoms with van der Waals surface area (Å²) in [5.74, 6) is 0.330. The summed E-state index contributed by atoms with van der Waals surface area (Å²) in [6.45, 7) is 7.12. The van der Waals surface area contributed by atoms with Crippen LogP contribution in [0.3, 0.4) is 0 Å². The van der Waals surface area contributed by atoms with Gasteiger partial charge in [0, 0.05) is 18.7 Å². The van der Waals surface area contributed by atoms with Crippen molar-refractivity contribution in [3.8, 4) is 5.75 Å². The SMILES string of the molecule is CC[C@H](C)NCCOc1ccc(C)cc1[N+](=O)[O-]. The predicted octanol–water partition coefficient (Wildman–Crippen LogP) is 2.67. The zero-order valence-corrected chi connectivity index (χ0v) is 11.1. The normalized spacial score (nSPS) is 12.2. The van der Waals surface area contributed by atoms with E-state index in [-0.39, 0.29) is 5.69 Å². The molecule has 0 saturated carbocycles. The molecule has 1 atom stereocenters. The fraction of sp³-hybridized carbons (Fsp3) is 0.538. The predicted molar refractivity (Wildman–Crippen MR) is 71.1 cm³/mol. The lowest BCUT2D eigenvalue weighted by Gasteiger charge is -2.12. The van der Waals surface area contributed by atoms with E-state index in [4.69, 9.17) is 4.74 Å². The third-order valence-electron chi connectivity index (χ3n) is 2.78. The van der Waals surface area contributed by atoms with Gasteiger partial charge in [-0.1, -0.05) is 13.0 Å². The van der Waals surface area contributed by atoms with Crippen LogP contribution in [0.25, 0.3) is 0 Å². The summed E-state index contributed by atoms with van der Waals surface area (Å²) in [5.41, 5.74) is 0.880. The second-order valence-electron chi connectivity index (χ2n) is 4.34. The molecule has 0 spiro atoms. The number of nitro groups is 1. The Morgan fingerprint density at radius 2 is 2.22 bits per heavy atom. The number of nitrogens with zero attached hydrogens (tertiary/aromatic N) is 1. The minimum Gasteiger partial charge on any atom is -0.485 e. The van der Waals surface area contributed by atoms with Gasteiger partial charge in [-0.25, -0.2) is 0 Å². The largest absolute Gasteiger partial charge is 0.485 e. The van der Waals surface area contributed by atoms with Gasteiger partial charge in [0.25, 0.3) is 0 Å². The van der Waals surface area contributed by atoms with E-state index in [2.05, 4.69) is 19.2 Å². The minimum atomic E-state index is -0.412. The summed E-state index contributed by atoms with van der Waals surface area (Å²) in [7, 11) is 0. The van der Waals surface area contributed by atoms with Crippen LogP contribution < -0.4 is 10.1 Å². The van der Waals surface area contributed by atoms with Gasteiger partial charge >= 0.3 is 5.69 Å². The van der Waals surface area contributed by atoms with Gasteiger partial charge in [0.1, 0.15) is 6.61 Å². The number of ether oxygens (including phenoxy) is 1. The molecule has 0 aromatic heterocycles. The summed E-state index contributed by atoms with van der Waals surface area (Å²) in [6, 6.07) is 5.42. The zero-order valence-electron chi connectivity index (χ0n) is 11.1. The van der Waals surface area contributed by atoms with Gasteiger partial charge in [0.2, 0.25) is 0 Å². The maximum absolute atomic E-state index is 10.9. The van der Waals surface area contributed by atoms with Gasteiger partial charge in [-0.2, -0.15) is 0 Å². The Labute approximate surface area is 107 Å². The first-order valence-electron chi connectivity index (χ1n) is 6.15. The van der Waals surface area contributed by atoms with Crippen molar-refractivity contribution in [3.05, 3.63) is 33.9 Å². The molecule has 5 nitrogen and oxygen atoms in total. The summed E-state index contributed by atoms with van der Waals surface area (Å²) < 4.78 is 5.44. The Bertz CT molecular complexity index is 407. The molecule has 5 heteroatoms. The fourth-order valence-corrected chi connectivity index (χ4v) is 1.50. The maximum atomic E-state index is 10.9. The molecule has 0 aliphatic heterocycles. The molecule has 0 saturated heterocycles. The first-order chi connectivity index (χ1) is 8.54. The van der Waals surface area contributed by atoms with Crippen molar-refractivity contribution in [2.75, 3.05) is 13.2 Å². The first kappa shape index (κ1) is 14.4. The van der Waals surface area contributed by atoms with Crippen LogP contribution >= 0.6 is 0 Å². The Balaban J connectivity index is 2.54. The molecule has 1 aromatic rings. The smallest absolute Gasteiger partial charge is 0.311 e. The summed E-state index contributed by atoms with van der Waals surface area (Å²) >= 11 is 0. The molecule has 1 rings (SSSR count). The number of rotatable bonds is 7. The van der Waals surface area contributed by atoms with Gasteiger partial charge in [-0.3, -0.25) is 10.1 Å². The third-order valence-corrected chi connectivity index (χ3v) is 2.78. The topological polar surface area (TPSA) is 64.4 Å². The molecule has 0 bridgehead atoms. The molecular weight excluding hydrogens is 232 g/mol. The van der Waals surface area contributed by atoms with Crippen molar-refractivity contribution in [3.63, 3.8) is 0 Å². The molecule has 0 aliphatic carbocycles. The van der Waals surface area contributed by atoms with E-state index in [0.29, 0.717) is 24.9 Å². The van der Waals surface area contributed by atoms with Crippen molar-refractivity contribution in [2.24, 2.45) is 0 Å². The lowest BCUT2D eigenvalue weighted by Crippen LogP contribution is -2.29. The Morgan fingerprint density at radius 3 is 2.83 bits per heavy atom. The molecule has 1 N–H and O–H groups in total. The number of benzene rings is 1. The molecule has 0 heterocycles. The van der Waals surface area contributed by atoms with Crippen LogP contribution in [0.15, 0.2) is 18.2 Å². The van der Waals surface area contributed by atoms with Crippen LogP contribution in [0.2, 0.25) is 0 Å². The Kier molecular flexibility index (Phi) is 5.58. The first-order valence-corrected chi connectivity index (χ1v) is 6.15. The van der Waals surface area contributed by atoms with Crippen LogP contribution in [-0.2, 0) is 0 Å². The number of nitro benzene ring substituents is 1. The molecule has 18 heavy (non-hydrogen) atoms. The number of hydrogen-bond acceptors (Lipinski definition) is 4. The standard InChI is InChI=1S/C13H20N2O3/c1-4-11(3)14-7-8-18-13-6-5-10(2)9-12(13)15(16)17/h5-6,9,11,14H,4,7-8H2,1-3H3/t11-/m0/s1. The summed E-state index contributed by atoms with van der Waals surface area (Å²) in [5, 5.41) is 14.1. The van der Waals surface area contributed by atoms with E-state index in [1.807, 2.05) is 13.0 Å². The highest BCUT2D eigenvalue weighted by Gasteiger charge is 2.14. The van der Waals surface area contributed by atoms with Gasteiger partial charge < -0.3 is 10.1 Å². The summed E-state index contributed by atoms with van der Waals surface area (Å²) in [4.78, 5) is 10.5. The van der Waals surface area contributed by atoms with Crippen LogP contribution in [-0.4, -0.2) is 24.1 Å². The second-order valence-corrected chi connectivity index (χ2v) is 4.34. The van der Waals surface area contributed by atoms with Crippen molar-refractivity contribution in [1.82, 2.24) is 5.32 Å². The maximum Gasteiger partial charge on any atom is 0.311 e. The monoisotopic (exact) mass is 252 g/mol. The van der Waals surface area contributed by atoms with Crippen LogP contribution in [0.4, 0.5) is 5.69 Å². The lowest BCUT2D eigenvalue weighted by molar-refractivity contribution is -0.385. The van der Waals surface area contributed by atoms with Crippen LogP contribution in [0, 0.1) is 17.0 Å². The average Bonchev–Trinajstić information content (AvgIpc) is 2.35. The minimum absolute atomic E-state index is 0.0264. The molecule has 0 radical (unpaired) electrons. The van der Waals surface area contributed by atoms with Gasteiger partial charge in [0.05, 0.1) is 4.92 Å². The highest BCUT2D eigenvalue weighted by molar-refractivity contribution is 5.48. The molecule has 0 aliphatic rings. The van der Waals surface area contributed by atoms with Crippen LogP contribution in [0.1, 0.15) is 25.8 Å². The molecular formula is C13H20N2O3. The fourth-order valence-electron chi connectivity index (χ4n) is 1.50. The second kappa shape index (κ2) is 6.96. The number of aryl methyl sites for hydroxylation is 1. The quantitative estimate of drug-likeness (QED) is 0.460. The van der Waals surface area contributed by atoms with Crippen molar-refractivity contribution < 1.29 is 9.66 Å². The molecule has 0 unspecified atom stereocenters. The van der Waals surface area contributed by atoms with E-state index >= 15 is 0 Å². The lowest BCUT2D eigenvalue weighted by atomic mass is 10.2. The van der Waals surface area contributed by atoms with E-state index in [1.54, 1.807) is 6.07 Å². The van der Waals surface area contributed by atoms with Gasteiger partial charge in [-0.15, -0.1) is 0 Å². The summed E-state index contributed by atoms with van der Waals surface area (Å²) in [6.07, 6.45) is 1.05. The molecule has 1 aromatic carbocycles. The highest BCUT2D eigenvalue weighted by atomic mass is 16.6. The highest BCUT2D eigenvalue weighted by Crippen LogP contribution is 2.27. The van der Waals surface area contributed by atoms with E-state index in [9.17, 15) is 10.1 Å². The Hall–Kier alpha value is -1.62. The average molecular weight is 252 g/mol. The Morgan fingerprint density at radius 1 is 1.50 bits per heavy atom. The number of hydrogen-bond donors (Lipinski definition) is 1. The van der Waals surface area contributed by atoms with Crippen molar-refractivity contribution >= 4 is 5.69 Å². The van der Waals surface area contributed by atoms with Crippen molar-refractivity contribution in [1.29, 1.82) is 0 Å². The van der Waals surface area contributed by atoms with Crippen LogP contribution in [0.5, 0.6) is 5.75 Å². The molecule has 0 fully saturated rings. The van der Waals surface area contributed by atoms with E-state index in [0.717, 1.165) is 12.0 Å². The van der Waals surface area contributed by atoms with Crippen molar-refractivity contribution in [2.45, 2.75) is 33.2 Å². The van der Waals surface area contributed by atoms with E-state index in [1.165, 1.54) is 6.07 Å². The molecule has 0 amide bonds. The number of nitrogens with one attached hydrogen (secondary N) is 1. The zero-order chi connectivity index (χ0) is 13.5. The third kappa shape index (κ3) is 4.33. The molecule has 100 valence electrons.